The van der Waals surface area contributed by atoms with E-state index in [2.05, 4.69) is 4.98 Å². The van der Waals surface area contributed by atoms with Crippen molar-refractivity contribution < 1.29 is 26.4 Å². The molecule has 1 atom stereocenters. The van der Waals surface area contributed by atoms with Crippen molar-refractivity contribution >= 4 is 48.6 Å². The molecule has 1 unspecified atom stereocenters. The molecule has 4 rings (SSSR count). The van der Waals surface area contributed by atoms with Crippen LogP contribution >= 0.6 is 11.8 Å². The lowest BCUT2D eigenvalue weighted by molar-refractivity contribution is -0.129. The fraction of sp³-hybridized carbons (Fsp3) is 0.619. The second kappa shape index (κ2) is 10.1. The summed E-state index contributed by atoms with van der Waals surface area (Å²) in [6, 6.07) is 4.66. The summed E-state index contributed by atoms with van der Waals surface area (Å²) in [6.45, 7) is 6.28. The number of benzene rings is 1. The van der Waals surface area contributed by atoms with Crippen LogP contribution in [0.5, 0.6) is 0 Å². The van der Waals surface area contributed by atoms with E-state index in [9.17, 15) is 21.6 Å². The van der Waals surface area contributed by atoms with E-state index >= 15 is 0 Å². The third kappa shape index (κ3) is 5.13. The number of morpholine rings is 1. The first-order chi connectivity index (χ1) is 16.2. The SMILES string of the molecule is CCN(C(=O)CSc1nc2cc(S(=O)(=O)N3CCOCC3)ccc2n1CC)C1CCS(=O)(=O)C1. The van der Waals surface area contributed by atoms with Crippen LogP contribution < -0.4 is 0 Å². The second-order valence-corrected chi connectivity index (χ2v) is 13.4. The Morgan fingerprint density at radius 2 is 2.00 bits per heavy atom. The van der Waals surface area contributed by atoms with Crippen molar-refractivity contribution in [1.82, 2.24) is 18.8 Å². The van der Waals surface area contributed by atoms with Crippen LogP contribution in [0.4, 0.5) is 0 Å². The van der Waals surface area contributed by atoms with Gasteiger partial charge in [0.25, 0.3) is 0 Å². The second-order valence-electron chi connectivity index (χ2n) is 8.33. The van der Waals surface area contributed by atoms with Crippen LogP contribution in [0.15, 0.2) is 28.3 Å². The molecule has 2 aliphatic rings. The molecule has 3 heterocycles. The average molecular weight is 531 g/mol. The molecule has 13 heteroatoms. The molecule has 2 aromatic rings. The van der Waals surface area contributed by atoms with E-state index < -0.39 is 19.9 Å². The minimum Gasteiger partial charge on any atom is -0.379 e. The van der Waals surface area contributed by atoms with Gasteiger partial charge in [0.05, 0.1) is 46.4 Å². The first-order valence-electron chi connectivity index (χ1n) is 11.4. The predicted octanol–water partition coefficient (Wildman–Crippen LogP) is 1.20. The number of hydrogen-bond donors (Lipinski definition) is 0. The minimum absolute atomic E-state index is 0.0190. The normalized spacial score (nSPS) is 21.2. The Morgan fingerprint density at radius 1 is 1.26 bits per heavy atom. The van der Waals surface area contributed by atoms with Crippen LogP contribution in [-0.2, 0) is 35.9 Å². The molecule has 2 aliphatic heterocycles. The smallest absolute Gasteiger partial charge is 0.243 e. The maximum absolute atomic E-state index is 13.0. The van der Waals surface area contributed by atoms with Crippen molar-refractivity contribution in [2.75, 3.05) is 50.1 Å². The Hall–Kier alpha value is -1.67. The van der Waals surface area contributed by atoms with Crippen molar-refractivity contribution in [3.63, 3.8) is 0 Å². The number of rotatable bonds is 8. The van der Waals surface area contributed by atoms with Gasteiger partial charge in [-0.2, -0.15) is 4.31 Å². The van der Waals surface area contributed by atoms with Crippen molar-refractivity contribution in [3.8, 4) is 0 Å². The number of imidazole rings is 1. The number of aryl methyl sites for hydroxylation is 1. The highest BCUT2D eigenvalue weighted by Gasteiger charge is 2.34. The monoisotopic (exact) mass is 530 g/mol. The van der Waals surface area contributed by atoms with E-state index in [1.807, 2.05) is 18.4 Å². The molecular formula is C21H30N4O6S3. The van der Waals surface area contributed by atoms with Crippen molar-refractivity contribution in [2.45, 2.75) is 42.9 Å². The summed E-state index contributed by atoms with van der Waals surface area (Å²) in [5, 5.41) is 0.627. The van der Waals surface area contributed by atoms with Crippen LogP contribution in [0.3, 0.4) is 0 Å². The van der Waals surface area contributed by atoms with E-state index in [0.29, 0.717) is 56.5 Å². The molecule has 34 heavy (non-hydrogen) atoms. The Kier molecular flexibility index (Phi) is 7.58. The van der Waals surface area contributed by atoms with Crippen molar-refractivity contribution in [1.29, 1.82) is 0 Å². The number of sulfonamides is 1. The Labute approximate surface area is 204 Å². The summed E-state index contributed by atoms with van der Waals surface area (Å²) in [6.07, 6.45) is 0.473. The zero-order valence-electron chi connectivity index (χ0n) is 19.3. The molecule has 1 amide bonds. The highest BCUT2D eigenvalue weighted by molar-refractivity contribution is 7.99. The Balaban J connectivity index is 1.53. The number of carbonyl (C=O) groups is 1. The molecule has 0 bridgehead atoms. The van der Waals surface area contributed by atoms with E-state index in [1.54, 1.807) is 23.1 Å². The van der Waals surface area contributed by atoms with Gasteiger partial charge in [-0.15, -0.1) is 0 Å². The zero-order chi connectivity index (χ0) is 24.5. The molecule has 188 valence electrons. The largest absolute Gasteiger partial charge is 0.379 e. The topological polar surface area (TPSA) is 119 Å². The van der Waals surface area contributed by atoms with Gasteiger partial charge in [-0.3, -0.25) is 4.79 Å². The molecule has 1 aromatic carbocycles. The van der Waals surface area contributed by atoms with E-state index in [0.717, 1.165) is 5.52 Å². The third-order valence-electron chi connectivity index (χ3n) is 6.24. The molecule has 0 spiro atoms. The number of aromatic nitrogens is 2. The summed E-state index contributed by atoms with van der Waals surface area (Å²) < 4.78 is 58.4. The summed E-state index contributed by atoms with van der Waals surface area (Å²) in [7, 11) is -6.72. The van der Waals surface area contributed by atoms with Gasteiger partial charge < -0.3 is 14.2 Å². The number of thioether (sulfide) groups is 1. The lowest BCUT2D eigenvalue weighted by Gasteiger charge is -2.26. The summed E-state index contributed by atoms with van der Waals surface area (Å²) in [5.41, 5.74) is 1.35. The van der Waals surface area contributed by atoms with Gasteiger partial charge in [0.15, 0.2) is 15.0 Å². The first-order valence-corrected chi connectivity index (χ1v) is 15.6. The van der Waals surface area contributed by atoms with Gasteiger partial charge in [-0.05, 0) is 38.5 Å². The predicted molar refractivity (Wildman–Crippen MR) is 130 cm³/mol. The number of carbonyl (C=O) groups excluding carboxylic acids is 1. The summed E-state index contributed by atoms with van der Waals surface area (Å²) in [4.78, 5) is 19.4. The third-order valence-corrected chi connectivity index (χ3v) is 10.8. The number of ether oxygens (including phenoxy) is 1. The quantitative estimate of drug-likeness (QED) is 0.467. The molecule has 10 nitrogen and oxygen atoms in total. The zero-order valence-corrected chi connectivity index (χ0v) is 21.8. The molecular weight excluding hydrogens is 500 g/mol. The number of sulfone groups is 1. The number of nitrogens with zero attached hydrogens (tertiary/aromatic N) is 4. The van der Waals surface area contributed by atoms with Gasteiger partial charge in [-0.25, -0.2) is 21.8 Å². The Bertz CT molecular complexity index is 1270. The van der Waals surface area contributed by atoms with Crippen molar-refractivity contribution in [3.05, 3.63) is 18.2 Å². The minimum atomic E-state index is -3.64. The Morgan fingerprint density at radius 3 is 2.62 bits per heavy atom. The summed E-state index contributed by atoms with van der Waals surface area (Å²) in [5.74, 6) is 0.146. The van der Waals surface area contributed by atoms with Crippen LogP contribution in [0.1, 0.15) is 20.3 Å². The molecule has 0 aliphatic carbocycles. The number of amides is 1. The molecule has 1 aromatic heterocycles. The lowest BCUT2D eigenvalue weighted by atomic mass is 10.2. The summed E-state index contributed by atoms with van der Waals surface area (Å²) >= 11 is 1.28. The molecule has 2 saturated heterocycles. The van der Waals surface area contributed by atoms with Gasteiger partial charge in [0.1, 0.15) is 0 Å². The van der Waals surface area contributed by atoms with Gasteiger partial charge in [-0.1, -0.05) is 11.8 Å². The maximum Gasteiger partial charge on any atom is 0.243 e. The van der Waals surface area contributed by atoms with Gasteiger partial charge in [0.2, 0.25) is 15.9 Å². The molecule has 0 saturated carbocycles. The first kappa shape index (κ1) is 25.4. The molecule has 2 fully saturated rings. The van der Waals surface area contributed by atoms with E-state index in [1.165, 1.54) is 16.1 Å². The van der Waals surface area contributed by atoms with Crippen LogP contribution in [-0.4, -0.2) is 97.6 Å². The standard InChI is InChI=1S/C21H30N4O6S3/c1-3-24(16-7-12-33(27,28)15-16)20(26)14-32-21-22-18-13-17(5-6-19(18)25(21)4-2)34(29,30)23-8-10-31-11-9-23/h5-6,13,16H,3-4,7-12,14-15H2,1-2H3. The van der Waals surface area contributed by atoms with Crippen molar-refractivity contribution in [2.24, 2.45) is 0 Å². The highest BCUT2D eigenvalue weighted by Crippen LogP contribution is 2.28. The van der Waals surface area contributed by atoms with E-state index in [-0.39, 0.29) is 34.1 Å². The number of hydrogen-bond acceptors (Lipinski definition) is 8. The van der Waals surface area contributed by atoms with Gasteiger partial charge >= 0.3 is 0 Å². The fourth-order valence-corrected chi connectivity index (χ4v) is 8.59. The maximum atomic E-state index is 13.0. The highest BCUT2D eigenvalue weighted by atomic mass is 32.2. The van der Waals surface area contributed by atoms with Gasteiger partial charge in [0, 0.05) is 32.2 Å². The molecule has 0 N–H and O–H groups in total. The van der Waals surface area contributed by atoms with E-state index in [4.69, 9.17) is 4.74 Å². The fourth-order valence-electron chi connectivity index (χ4n) is 4.47. The van der Waals surface area contributed by atoms with Crippen LogP contribution in [0.25, 0.3) is 11.0 Å². The average Bonchev–Trinajstić information content (AvgIpc) is 3.36. The van der Waals surface area contributed by atoms with Crippen LogP contribution in [0, 0.1) is 0 Å². The van der Waals surface area contributed by atoms with Crippen LogP contribution in [0.2, 0.25) is 0 Å². The lowest BCUT2D eigenvalue weighted by Crippen LogP contribution is -2.42. The number of fused-ring (bicyclic) bond motifs is 1. The molecule has 0 radical (unpaired) electrons.